The van der Waals surface area contributed by atoms with Crippen LogP contribution in [0.25, 0.3) is 0 Å². The van der Waals surface area contributed by atoms with Gasteiger partial charge in [-0.2, -0.15) is 0 Å². The summed E-state index contributed by atoms with van der Waals surface area (Å²) >= 11 is 0. The highest BCUT2D eigenvalue weighted by atomic mass is 16.4. The van der Waals surface area contributed by atoms with E-state index < -0.39 is 5.97 Å². The summed E-state index contributed by atoms with van der Waals surface area (Å²) in [4.78, 5) is 10.7. The summed E-state index contributed by atoms with van der Waals surface area (Å²) in [5.74, 6) is -0.492. The van der Waals surface area contributed by atoms with Crippen LogP contribution in [0.5, 0.6) is 0 Å². The zero-order valence-corrected chi connectivity index (χ0v) is 7.71. The van der Waals surface area contributed by atoms with Gasteiger partial charge in [0.25, 0.3) is 0 Å². The van der Waals surface area contributed by atoms with E-state index in [1.807, 2.05) is 6.92 Å². The Bertz CT molecular complexity index is 206. The van der Waals surface area contributed by atoms with E-state index in [-0.39, 0.29) is 5.92 Å². The summed E-state index contributed by atoms with van der Waals surface area (Å²) in [7, 11) is 0. The molecule has 2 nitrogen and oxygen atoms in total. The Balaban J connectivity index is 2.51. The van der Waals surface area contributed by atoms with E-state index in [9.17, 15) is 4.79 Å². The van der Waals surface area contributed by atoms with Crippen molar-refractivity contribution in [2.45, 2.75) is 33.1 Å². The minimum absolute atomic E-state index is 0.186. The maximum absolute atomic E-state index is 10.7. The van der Waals surface area contributed by atoms with Gasteiger partial charge in [0.1, 0.15) is 0 Å². The molecule has 0 aromatic rings. The molecule has 2 unspecified atom stereocenters. The first-order valence-electron chi connectivity index (χ1n) is 4.49. The maximum Gasteiger partial charge on any atom is 0.306 e. The summed E-state index contributed by atoms with van der Waals surface area (Å²) in [5, 5.41) is 8.78. The molecule has 1 aliphatic rings. The van der Waals surface area contributed by atoms with Crippen LogP contribution >= 0.6 is 0 Å². The quantitative estimate of drug-likeness (QED) is 0.643. The predicted molar refractivity (Wildman–Crippen MR) is 47.9 cm³/mol. The zero-order valence-electron chi connectivity index (χ0n) is 7.71. The smallest absolute Gasteiger partial charge is 0.306 e. The minimum atomic E-state index is -0.659. The first-order chi connectivity index (χ1) is 5.61. The Morgan fingerprint density at radius 3 is 2.83 bits per heavy atom. The summed E-state index contributed by atoms with van der Waals surface area (Å²) in [6.07, 6.45) is 5.23. The van der Waals surface area contributed by atoms with Gasteiger partial charge in [-0.3, -0.25) is 4.79 Å². The highest BCUT2D eigenvalue weighted by Gasteiger charge is 2.24. The molecule has 0 saturated carbocycles. The molecule has 1 rings (SSSR count). The molecule has 68 valence electrons. The fourth-order valence-electron chi connectivity index (χ4n) is 1.64. The molecule has 0 fully saturated rings. The van der Waals surface area contributed by atoms with E-state index in [1.165, 1.54) is 5.57 Å². The lowest BCUT2D eigenvalue weighted by Gasteiger charge is -2.23. The lowest BCUT2D eigenvalue weighted by Crippen LogP contribution is -2.21. The second-order valence-electron chi connectivity index (χ2n) is 3.71. The molecule has 1 N–H and O–H groups in total. The number of aliphatic carboxylic acids is 1. The van der Waals surface area contributed by atoms with E-state index in [0.29, 0.717) is 5.92 Å². The SMILES string of the molecule is CC1=CCC(C(C)C(=O)O)CC1. The van der Waals surface area contributed by atoms with E-state index >= 15 is 0 Å². The van der Waals surface area contributed by atoms with Crippen molar-refractivity contribution in [3.8, 4) is 0 Å². The maximum atomic E-state index is 10.7. The van der Waals surface area contributed by atoms with Crippen LogP contribution in [0.4, 0.5) is 0 Å². The van der Waals surface area contributed by atoms with Crippen LogP contribution in [-0.4, -0.2) is 11.1 Å². The molecular weight excluding hydrogens is 152 g/mol. The average molecular weight is 168 g/mol. The van der Waals surface area contributed by atoms with E-state index in [1.54, 1.807) is 0 Å². The molecule has 2 heteroatoms. The molecule has 0 aromatic heterocycles. The highest BCUT2D eigenvalue weighted by Crippen LogP contribution is 2.28. The first-order valence-corrected chi connectivity index (χ1v) is 4.49. The molecule has 0 saturated heterocycles. The van der Waals surface area contributed by atoms with Gasteiger partial charge in [0.05, 0.1) is 5.92 Å². The molecule has 12 heavy (non-hydrogen) atoms. The molecule has 0 spiro atoms. The largest absolute Gasteiger partial charge is 0.481 e. The number of hydrogen-bond acceptors (Lipinski definition) is 1. The number of allylic oxidation sites excluding steroid dienone is 2. The Morgan fingerprint density at radius 1 is 1.75 bits per heavy atom. The Morgan fingerprint density at radius 2 is 2.42 bits per heavy atom. The number of carboxylic acid groups (broad SMARTS) is 1. The molecule has 0 bridgehead atoms. The van der Waals surface area contributed by atoms with Gasteiger partial charge in [-0.15, -0.1) is 0 Å². The van der Waals surface area contributed by atoms with Crippen molar-refractivity contribution in [3.05, 3.63) is 11.6 Å². The van der Waals surface area contributed by atoms with Crippen molar-refractivity contribution in [1.29, 1.82) is 0 Å². The van der Waals surface area contributed by atoms with E-state index in [2.05, 4.69) is 13.0 Å². The van der Waals surface area contributed by atoms with Crippen LogP contribution in [0.15, 0.2) is 11.6 Å². The third-order valence-corrected chi connectivity index (χ3v) is 2.78. The van der Waals surface area contributed by atoms with E-state index in [0.717, 1.165) is 19.3 Å². The predicted octanol–water partition coefficient (Wildman–Crippen LogP) is 2.45. The molecule has 0 amide bonds. The molecule has 0 aromatic carbocycles. The van der Waals surface area contributed by atoms with Crippen molar-refractivity contribution in [1.82, 2.24) is 0 Å². The van der Waals surface area contributed by atoms with E-state index in [4.69, 9.17) is 5.11 Å². The fourth-order valence-corrected chi connectivity index (χ4v) is 1.64. The van der Waals surface area contributed by atoms with Crippen molar-refractivity contribution in [3.63, 3.8) is 0 Å². The third-order valence-electron chi connectivity index (χ3n) is 2.78. The number of carboxylic acids is 1. The van der Waals surface area contributed by atoms with Gasteiger partial charge in [0.15, 0.2) is 0 Å². The average Bonchev–Trinajstić information content (AvgIpc) is 2.04. The minimum Gasteiger partial charge on any atom is -0.481 e. The van der Waals surface area contributed by atoms with Gasteiger partial charge >= 0.3 is 5.97 Å². The van der Waals surface area contributed by atoms with Crippen LogP contribution < -0.4 is 0 Å². The van der Waals surface area contributed by atoms with Gasteiger partial charge in [0.2, 0.25) is 0 Å². The molecular formula is C10H16O2. The van der Waals surface area contributed by atoms with Crippen LogP contribution in [0.1, 0.15) is 33.1 Å². The summed E-state index contributed by atoms with van der Waals surface area (Å²) < 4.78 is 0. The fraction of sp³-hybridized carbons (Fsp3) is 0.700. The molecule has 0 aliphatic heterocycles. The van der Waals surface area contributed by atoms with Crippen LogP contribution in [-0.2, 0) is 4.79 Å². The van der Waals surface area contributed by atoms with Gasteiger partial charge < -0.3 is 5.11 Å². The van der Waals surface area contributed by atoms with Crippen LogP contribution in [0.3, 0.4) is 0 Å². The van der Waals surface area contributed by atoms with Gasteiger partial charge in [-0.25, -0.2) is 0 Å². The topological polar surface area (TPSA) is 37.3 Å². The normalized spacial score (nSPS) is 26.2. The van der Waals surface area contributed by atoms with Crippen molar-refractivity contribution < 1.29 is 9.90 Å². The van der Waals surface area contributed by atoms with Crippen LogP contribution in [0, 0.1) is 11.8 Å². The zero-order chi connectivity index (χ0) is 9.14. The standard InChI is InChI=1S/C10H16O2/c1-7-3-5-9(6-4-7)8(2)10(11)12/h3,8-9H,4-6H2,1-2H3,(H,11,12). The molecule has 0 radical (unpaired) electrons. The monoisotopic (exact) mass is 168 g/mol. The van der Waals surface area contributed by atoms with Crippen molar-refractivity contribution >= 4 is 5.97 Å². The second kappa shape index (κ2) is 3.74. The molecule has 0 heterocycles. The lowest BCUT2D eigenvalue weighted by atomic mass is 9.82. The second-order valence-corrected chi connectivity index (χ2v) is 3.71. The first kappa shape index (κ1) is 9.30. The number of carbonyl (C=O) groups is 1. The summed E-state index contributed by atoms with van der Waals surface area (Å²) in [6.45, 7) is 3.92. The number of hydrogen-bond donors (Lipinski definition) is 1. The highest BCUT2D eigenvalue weighted by molar-refractivity contribution is 5.69. The van der Waals surface area contributed by atoms with Gasteiger partial charge in [-0.05, 0) is 32.1 Å². The summed E-state index contributed by atoms with van der Waals surface area (Å²) in [6, 6.07) is 0. The Labute approximate surface area is 73.3 Å². The van der Waals surface area contributed by atoms with Crippen molar-refractivity contribution in [2.24, 2.45) is 11.8 Å². The Kier molecular flexibility index (Phi) is 2.90. The third kappa shape index (κ3) is 2.10. The van der Waals surface area contributed by atoms with Gasteiger partial charge in [0, 0.05) is 0 Å². The number of rotatable bonds is 2. The molecule has 2 atom stereocenters. The van der Waals surface area contributed by atoms with Crippen LogP contribution in [0.2, 0.25) is 0 Å². The molecule has 1 aliphatic carbocycles. The van der Waals surface area contributed by atoms with Crippen molar-refractivity contribution in [2.75, 3.05) is 0 Å². The van der Waals surface area contributed by atoms with Gasteiger partial charge in [-0.1, -0.05) is 18.6 Å². The lowest BCUT2D eigenvalue weighted by molar-refractivity contribution is -0.143. The summed E-state index contributed by atoms with van der Waals surface area (Å²) in [5.41, 5.74) is 1.41. The Hall–Kier alpha value is -0.790.